The molecule has 3 aromatic heterocycles. The molecule has 0 atom stereocenters. The zero-order valence-corrected chi connectivity index (χ0v) is 30.1. The van der Waals surface area contributed by atoms with E-state index in [1.54, 1.807) is 0 Å². The summed E-state index contributed by atoms with van der Waals surface area (Å²) in [5.41, 5.74) is 13.5. The number of pyridine rings is 1. The molecular formula is C50H32N2S. The molecule has 0 N–H and O–H groups in total. The first-order valence-electron chi connectivity index (χ1n) is 18.4. The fraction of sp³-hybridized carbons (Fsp3) is 0.0600. The Morgan fingerprint density at radius 1 is 0.509 bits per heavy atom. The third-order valence-corrected chi connectivity index (χ3v) is 13.1. The lowest BCUT2D eigenvalue weighted by atomic mass is 9.82. The van der Waals surface area contributed by atoms with Gasteiger partial charge in [-0.3, -0.25) is 4.40 Å². The molecule has 12 rings (SSSR count). The summed E-state index contributed by atoms with van der Waals surface area (Å²) in [6, 6.07) is 58.6. The van der Waals surface area contributed by atoms with Crippen LogP contribution in [0.1, 0.15) is 25.0 Å². The average Bonchev–Trinajstić information content (AvgIpc) is 3.85. The number of hydrogen-bond donors (Lipinski definition) is 0. The van der Waals surface area contributed by atoms with Crippen molar-refractivity contribution in [2.45, 2.75) is 19.3 Å². The van der Waals surface area contributed by atoms with Crippen LogP contribution in [0.5, 0.6) is 0 Å². The van der Waals surface area contributed by atoms with Crippen LogP contribution in [0, 0.1) is 0 Å². The van der Waals surface area contributed by atoms with Gasteiger partial charge in [0.25, 0.3) is 0 Å². The minimum Gasteiger partial charge on any atom is -0.291 e. The van der Waals surface area contributed by atoms with Gasteiger partial charge < -0.3 is 0 Å². The van der Waals surface area contributed by atoms with Gasteiger partial charge in [0, 0.05) is 26.3 Å². The van der Waals surface area contributed by atoms with Crippen molar-refractivity contribution in [1.29, 1.82) is 0 Å². The summed E-state index contributed by atoms with van der Waals surface area (Å²) < 4.78 is 4.92. The lowest BCUT2D eigenvalue weighted by Crippen LogP contribution is -2.14. The molecule has 1 aliphatic rings. The van der Waals surface area contributed by atoms with Crippen molar-refractivity contribution in [2.24, 2.45) is 0 Å². The van der Waals surface area contributed by atoms with Crippen molar-refractivity contribution in [1.82, 2.24) is 9.38 Å². The van der Waals surface area contributed by atoms with Crippen LogP contribution >= 0.6 is 11.3 Å². The Balaban J connectivity index is 1.11. The predicted octanol–water partition coefficient (Wildman–Crippen LogP) is 14.0. The second-order valence-corrected chi connectivity index (χ2v) is 16.2. The van der Waals surface area contributed by atoms with Gasteiger partial charge in [-0.25, -0.2) is 4.98 Å². The van der Waals surface area contributed by atoms with Gasteiger partial charge >= 0.3 is 0 Å². The molecule has 1 aliphatic carbocycles. The molecule has 53 heavy (non-hydrogen) atoms. The van der Waals surface area contributed by atoms with Gasteiger partial charge in [-0.2, -0.15) is 0 Å². The van der Waals surface area contributed by atoms with Gasteiger partial charge in [-0.05, 0) is 102 Å². The molecule has 0 amide bonds. The summed E-state index contributed by atoms with van der Waals surface area (Å²) in [7, 11) is 0. The highest BCUT2D eigenvalue weighted by atomic mass is 32.1. The molecule has 0 saturated heterocycles. The molecule has 0 spiro atoms. The number of hydrogen-bond acceptors (Lipinski definition) is 2. The fourth-order valence-corrected chi connectivity index (χ4v) is 10.5. The smallest absolute Gasteiger partial charge is 0.156 e. The van der Waals surface area contributed by atoms with Crippen molar-refractivity contribution in [3.05, 3.63) is 169 Å². The molecule has 2 nitrogen and oxygen atoms in total. The lowest BCUT2D eigenvalue weighted by Gasteiger charge is -2.21. The molecule has 11 aromatic rings. The summed E-state index contributed by atoms with van der Waals surface area (Å²) in [6.07, 6.45) is 0. The monoisotopic (exact) mass is 692 g/mol. The molecule has 0 bridgehead atoms. The molecule has 3 heteroatoms. The highest BCUT2D eigenvalue weighted by Crippen LogP contribution is 2.50. The lowest BCUT2D eigenvalue weighted by molar-refractivity contribution is 0.660. The SMILES string of the molecule is CC1(C)c2ccccc2-c2cc(-c3ccc(-c4cc5c(sc6ccc7ccccc7c65)c5nc6c7cc8ccccc8cc7ccc6n45)cc3)ccc21. The van der Waals surface area contributed by atoms with E-state index in [1.165, 1.54) is 91.4 Å². The van der Waals surface area contributed by atoms with E-state index in [0.717, 1.165) is 22.4 Å². The second kappa shape index (κ2) is 10.4. The number of aromatic nitrogens is 2. The van der Waals surface area contributed by atoms with Gasteiger partial charge in [-0.15, -0.1) is 11.3 Å². The normalized spacial score (nSPS) is 13.6. The predicted molar refractivity (Wildman–Crippen MR) is 227 cm³/mol. The highest BCUT2D eigenvalue weighted by Gasteiger charge is 2.35. The summed E-state index contributed by atoms with van der Waals surface area (Å²) in [5.74, 6) is 0. The van der Waals surface area contributed by atoms with Gasteiger partial charge in [-0.1, -0.05) is 135 Å². The molecule has 248 valence electrons. The number of fused-ring (bicyclic) bond motifs is 15. The minimum absolute atomic E-state index is 0.00147. The third-order valence-electron chi connectivity index (χ3n) is 11.9. The maximum absolute atomic E-state index is 5.54. The van der Waals surface area contributed by atoms with Crippen LogP contribution in [-0.2, 0) is 5.41 Å². The largest absolute Gasteiger partial charge is 0.291 e. The minimum atomic E-state index is 0.00147. The number of imidazole rings is 1. The zero-order chi connectivity index (χ0) is 35.0. The summed E-state index contributed by atoms with van der Waals surface area (Å²) in [6.45, 7) is 4.68. The van der Waals surface area contributed by atoms with E-state index in [-0.39, 0.29) is 5.41 Å². The number of thiophene rings is 1. The molecule has 8 aromatic carbocycles. The quantitative estimate of drug-likeness (QED) is 0.165. The molecule has 0 unspecified atom stereocenters. The average molecular weight is 693 g/mol. The zero-order valence-electron chi connectivity index (χ0n) is 29.3. The Hall–Kier alpha value is -6.29. The molecular weight excluding hydrogens is 661 g/mol. The standard InChI is InChI=1S/C50H32N2S/c1-50(2)41-14-8-7-13-37(41)39-27-34(19-22-42(39)50)29-15-17-31(18-16-29)44-28-40-46-36-12-6-5-9-30(36)21-24-45(46)53-48(40)49-51-47-38-26-33-11-4-3-10-32(33)25-35(38)20-23-43(47)52(44)49/h3-28H,1-2H3. The van der Waals surface area contributed by atoms with Crippen LogP contribution in [0.25, 0.3) is 103 Å². The van der Waals surface area contributed by atoms with Crippen LogP contribution in [0.4, 0.5) is 0 Å². The van der Waals surface area contributed by atoms with Crippen LogP contribution in [0.3, 0.4) is 0 Å². The van der Waals surface area contributed by atoms with Crippen LogP contribution in [0.2, 0.25) is 0 Å². The van der Waals surface area contributed by atoms with Gasteiger partial charge in [0.05, 0.1) is 21.4 Å². The van der Waals surface area contributed by atoms with Crippen LogP contribution in [-0.4, -0.2) is 9.38 Å². The van der Waals surface area contributed by atoms with Crippen molar-refractivity contribution in [2.75, 3.05) is 0 Å². The summed E-state index contributed by atoms with van der Waals surface area (Å²) >= 11 is 1.85. The number of rotatable bonds is 2. The van der Waals surface area contributed by atoms with Crippen LogP contribution in [0.15, 0.2) is 158 Å². The van der Waals surface area contributed by atoms with Crippen molar-refractivity contribution in [3.63, 3.8) is 0 Å². The maximum atomic E-state index is 5.54. The summed E-state index contributed by atoms with van der Waals surface area (Å²) in [5, 5.41) is 10.0. The number of nitrogens with zero attached hydrogens (tertiary/aromatic N) is 2. The Morgan fingerprint density at radius 3 is 2.08 bits per heavy atom. The first-order valence-corrected chi connectivity index (χ1v) is 19.2. The Kier molecular flexibility index (Phi) is 5.75. The fourth-order valence-electron chi connectivity index (χ4n) is 9.29. The Bertz CT molecular complexity index is 3360. The highest BCUT2D eigenvalue weighted by molar-refractivity contribution is 7.26. The molecule has 0 aliphatic heterocycles. The first-order chi connectivity index (χ1) is 26.0. The maximum Gasteiger partial charge on any atom is 0.156 e. The van der Waals surface area contributed by atoms with E-state index in [4.69, 9.17) is 4.98 Å². The van der Waals surface area contributed by atoms with Gasteiger partial charge in [0.2, 0.25) is 0 Å². The molecule has 3 heterocycles. The molecule has 0 saturated carbocycles. The van der Waals surface area contributed by atoms with Gasteiger partial charge in [0.15, 0.2) is 5.65 Å². The Labute approximate surface area is 310 Å². The van der Waals surface area contributed by atoms with E-state index in [2.05, 4.69) is 176 Å². The molecule has 0 fully saturated rings. The van der Waals surface area contributed by atoms with Crippen LogP contribution < -0.4 is 0 Å². The van der Waals surface area contributed by atoms with E-state index in [0.29, 0.717) is 0 Å². The second-order valence-electron chi connectivity index (χ2n) is 15.2. The first kappa shape index (κ1) is 29.3. The van der Waals surface area contributed by atoms with Crippen molar-refractivity contribution in [3.8, 4) is 33.5 Å². The van der Waals surface area contributed by atoms with E-state index in [9.17, 15) is 0 Å². The van der Waals surface area contributed by atoms with E-state index in [1.807, 2.05) is 11.3 Å². The topological polar surface area (TPSA) is 17.3 Å². The molecule has 0 radical (unpaired) electrons. The van der Waals surface area contributed by atoms with E-state index < -0.39 is 0 Å². The Morgan fingerprint density at radius 2 is 1.21 bits per heavy atom. The third kappa shape index (κ3) is 4.00. The summed E-state index contributed by atoms with van der Waals surface area (Å²) in [4.78, 5) is 5.54. The number of benzene rings is 8. The van der Waals surface area contributed by atoms with Crippen molar-refractivity contribution < 1.29 is 0 Å². The van der Waals surface area contributed by atoms with Gasteiger partial charge in [0.1, 0.15) is 0 Å². The van der Waals surface area contributed by atoms with Crippen molar-refractivity contribution >= 4 is 80.5 Å². The van der Waals surface area contributed by atoms with E-state index >= 15 is 0 Å².